The van der Waals surface area contributed by atoms with Gasteiger partial charge in [-0.2, -0.15) is 13.2 Å². The summed E-state index contributed by atoms with van der Waals surface area (Å²) in [5.74, 6) is -0.187. The van der Waals surface area contributed by atoms with E-state index < -0.39 is 18.1 Å². The first-order valence-corrected chi connectivity index (χ1v) is 7.61. The van der Waals surface area contributed by atoms with Crippen molar-refractivity contribution in [3.63, 3.8) is 0 Å². The molecule has 0 amide bonds. The largest absolute Gasteiger partial charge is 0.481 e. The summed E-state index contributed by atoms with van der Waals surface area (Å²) in [7, 11) is 0. The zero-order chi connectivity index (χ0) is 17.5. The molecule has 1 atom stereocenters. The van der Waals surface area contributed by atoms with E-state index in [2.05, 4.69) is 11.9 Å². The Kier molecular flexibility index (Phi) is 4.24. The van der Waals surface area contributed by atoms with Gasteiger partial charge in [-0.05, 0) is 61.9 Å². The van der Waals surface area contributed by atoms with Crippen molar-refractivity contribution in [3.8, 4) is 17.0 Å². The monoisotopic (exact) mass is 338 g/mol. The van der Waals surface area contributed by atoms with Crippen molar-refractivity contribution in [3.05, 3.63) is 54.3 Å². The van der Waals surface area contributed by atoms with E-state index in [-0.39, 0.29) is 16.9 Å². The fourth-order valence-corrected chi connectivity index (χ4v) is 2.38. The third kappa shape index (κ3) is 3.52. The van der Waals surface area contributed by atoms with Crippen molar-refractivity contribution in [2.45, 2.75) is 38.0 Å². The summed E-state index contributed by atoms with van der Waals surface area (Å²) in [5.41, 5.74) is 1.59. The van der Waals surface area contributed by atoms with Gasteiger partial charge in [0.05, 0.1) is 5.69 Å². The highest BCUT2D eigenvalue weighted by Crippen LogP contribution is 2.40. The van der Waals surface area contributed by atoms with Crippen molar-refractivity contribution in [1.29, 1.82) is 0 Å². The second-order valence-corrected chi connectivity index (χ2v) is 5.99. The summed E-state index contributed by atoms with van der Waals surface area (Å²) in [5, 5.41) is 0. The van der Waals surface area contributed by atoms with Gasteiger partial charge in [0.2, 0.25) is 0 Å². The SMILES string of the molecule is [CH2]c1cc(F)c(-c2ccc(C3CC3)cn2)cc1O[C@@H](C)C(F)(F)F. The average Bonchev–Trinajstić information content (AvgIpc) is 3.34. The first-order chi connectivity index (χ1) is 11.3. The molecule has 1 heterocycles. The highest BCUT2D eigenvalue weighted by molar-refractivity contribution is 5.64. The maximum Gasteiger partial charge on any atom is 0.425 e. The molecule has 0 bridgehead atoms. The normalized spacial score (nSPS) is 16.1. The molecule has 2 aromatic rings. The lowest BCUT2D eigenvalue weighted by atomic mass is 10.1. The number of hydrogen-bond acceptors (Lipinski definition) is 2. The summed E-state index contributed by atoms with van der Waals surface area (Å²) in [6.07, 6.45) is -2.59. The second-order valence-electron chi connectivity index (χ2n) is 5.99. The Hall–Kier alpha value is -2.11. The predicted octanol–water partition coefficient (Wildman–Crippen LogP) is 5.28. The van der Waals surface area contributed by atoms with Crippen LogP contribution >= 0.6 is 0 Å². The zero-order valence-electron chi connectivity index (χ0n) is 13.0. The van der Waals surface area contributed by atoms with E-state index in [9.17, 15) is 17.6 Å². The third-order valence-electron chi connectivity index (χ3n) is 4.03. The Labute approximate surface area is 137 Å². The Morgan fingerprint density at radius 3 is 2.50 bits per heavy atom. The molecular formula is C18H16F4NO. The molecule has 1 aliphatic carbocycles. The molecule has 6 heteroatoms. The number of ether oxygens (including phenoxy) is 1. The third-order valence-corrected chi connectivity index (χ3v) is 4.03. The van der Waals surface area contributed by atoms with Gasteiger partial charge in [-0.1, -0.05) is 6.07 Å². The van der Waals surface area contributed by atoms with Gasteiger partial charge in [-0.25, -0.2) is 4.39 Å². The molecule has 2 nitrogen and oxygen atoms in total. The molecule has 0 N–H and O–H groups in total. The van der Waals surface area contributed by atoms with Crippen LogP contribution in [0, 0.1) is 12.7 Å². The Bertz CT molecular complexity index is 736. The molecule has 1 radical (unpaired) electrons. The molecule has 0 saturated heterocycles. The molecule has 0 unspecified atom stereocenters. The molecule has 24 heavy (non-hydrogen) atoms. The summed E-state index contributed by atoms with van der Waals surface area (Å²) in [6, 6.07) is 5.82. The average molecular weight is 338 g/mol. The van der Waals surface area contributed by atoms with E-state index >= 15 is 0 Å². The van der Waals surface area contributed by atoms with Gasteiger partial charge in [0.1, 0.15) is 11.6 Å². The molecule has 1 aliphatic rings. The van der Waals surface area contributed by atoms with Crippen LogP contribution in [0.5, 0.6) is 5.75 Å². The van der Waals surface area contributed by atoms with Crippen LogP contribution in [0.3, 0.4) is 0 Å². The lowest BCUT2D eigenvalue weighted by molar-refractivity contribution is -0.189. The molecule has 1 saturated carbocycles. The van der Waals surface area contributed by atoms with Gasteiger partial charge in [0.25, 0.3) is 0 Å². The number of pyridine rings is 1. The van der Waals surface area contributed by atoms with Crippen LogP contribution in [0.4, 0.5) is 17.6 Å². The van der Waals surface area contributed by atoms with E-state index in [1.807, 2.05) is 6.07 Å². The number of rotatable bonds is 4. The van der Waals surface area contributed by atoms with E-state index in [4.69, 9.17) is 4.74 Å². The maximum absolute atomic E-state index is 14.2. The topological polar surface area (TPSA) is 22.1 Å². The summed E-state index contributed by atoms with van der Waals surface area (Å²) < 4.78 is 57.1. The summed E-state index contributed by atoms with van der Waals surface area (Å²) in [6.45, 7) is 4.44. The van der Waals surface area contributed by atoms with Gasteiger partial charge in [0, 0.05) is 11.8 Å². The van der Waals surface area contributed by atoms with Gasteiger partial charge in [0.15, 0.2) is 6.10 Å². The Balaban J connectivity index is 1.91. The molecule has 127 valence electrons. The zero-order valence-corrected chi connectivity index (χ0v) is 13.0. The minimum atomic E-state index is -4.51. The second kappa shape index (κ2) is 6.07. The van der Waals surface area contributed by atoms with E-state index in [0.29, 0.717) is 11.6 Å². The number of nitrogens with zero attached hydrogens (tertiary/aromatic N) is 1. The van der Waals surface area contributed by atoms with Crippen LogP contribution in [-0.4, -0.2) is 17.3 Å². The van der Waals surface area contributed by atoms with Crippen LogP contribution in [0.25, 0.3) is 11.3 Å². The first-order valence-electron chi connectivity index (χ1n) is 7.61. The molecule has 0 spiro atoms. The fraction of sp³-hybridized carbons (Fsp3) is 0.333. The minimum absolute atomic E-state index is 0.0574. The molecule has 1 aromatic carbocycles. The highest BCUT2D eigenvalue weighted by Gasteiger charge is 2.38. The Morgan fingerprint density at radius 2 is 1.96 bits per heavy atom. The molecule has 0 aliphatic heterocycles. The molecule has 1 aromatic heterocycles. The Morgan fingerprint density at radius 1 is 1.25 bits per heavy atom. The molecule has 3 rings (SSSR count). The summed E-state index contributed by atoms with van der Waals surface area (Å²) >= 11 is 0. The van der Waals surface area contributed by atoms with Crippen LogP contribution in [0.1, 0.15) is 36.8 Å². The molecular weight excluding hydrogens is 322 g/mol. The van der Waals surface area contributed by atoms with Crippen molar-refractivity contribution >= 4 is 0 Å². The predicted molar refractivity (Wildman–Crippen MR) is 82.2 cm³/mol. The number of aromatic nitrogens is 1. The highest BCUT2D eigenvalue weighted by atomic mass is 19.4. The van der Waals surface area contributed by atoms with E-state index in [1.54, 1.807) is 12.3 Å². The van der Waals surface area contributed by atoms with Crippen molar-refractivity contribution < 1.29 is 22.3 Å². The maximum atomic E-state index is 14.2. The quantitative estimate of drug-likeness (QED) is 0.708. The van der Waals surface area contributed by atoms with Crippen LogP contribution < -0.4 is 4.74 Å². The number of hydrogen-bond donors (Lipinski definition) is 0. The van der Waals surface area contributed by atoms with Crippen molar-refractivity contribution in [2.75, 3.05) is 0 Å². The first kappa shape index (κ1) is 16.7. The van der Waals surface area contributed by atoms with Crippen LogP contribution in [0.15, 0.2) is 30.5 Å². The van der Waals surface area contributed by atoms with Gasteiger partial charge >= 0.3 is 6.18 Å². The smallest absolute Gasteiger partial charge is 0.425 e. The van der Waals surface area contributed by atoms with E-state index in [1.165, 1.54) is 6.07 Å². The summed E-state index contributed by atoms with van der Waals surface area (Å²) in [4.78, 5) is 4.23. The fourth-order valence-electron chi connectivity index (χ4n) is 2.38. The van der Waals surface area contributed by atoms with Gasteiger partial charge in [-0.3, -0.25) is 4.98 Å². The van der Waals surface area contributed by atoms with Crippen LogP contribution in [0.2, 0.25) is 0 Å². The standard InChI is InChI=1S/C18H16F4NO/c1-10-7-15(19)14(8-17(10)24-11(2)18(20,21)22)16-6-5-13(9-23-16)12-3-4-12/h5-9,11-12H,1,3-4H2,2H3/t11-/m0/s1. The van der Waals surface area contributed by atoms with Crippen molar-refractivity contribution in [2.24, 2.45) is 0 Å². The number of alkyl halides is 3. The lowest BCUT2D eigenvalue weighted by Crippen LogP contribution is -2.31. The van der Waals surface area contributed by atoms with Gasteiger partial charge in [-0.15, -0.1) is 0 Å². The van der Waals surface area contributed by atoms with E-state index in [0.717, 1.165) is 31.4 Å². The number of benzene rings is 1. The molecule has 1 fully saturated rings. The lowest BCUT2D eigenvalue weighted by Gasteiger charge is -2.19. The number of halogens is 4. The van der Waals surface area contributed by atoms with Gasteiger partial charge < -0.3 is 4.74 Å². The van der Waals surface area contributed by atoms with Crippen LogP contribution in [-0.2, 0) is 0 Å². The van der Waals surface area contributed by atoms with Crippen molar-refractivity contribution in [1.82, 2.24) is 4.98 Å². The minimum Gasteiger partial charge on any atom is -0.481 e.